The topological polar surface area (TPSA) is 67.4 Å². The van der Waals surface area contributed by atoms with Crippen molar-refractivity contribution < 1.29 is 4.79 Å². The minimum Gasteiger partial charge on any atom is -0.383 e. The second kappa shape index (κ2) is 6.56. The molecule has 6 heteroatoms. The second-order valence-corrected chi connectivity index (χ2v) is 5.52. The van der Waals surface area contributed by atoms with E-state index in [0.29, 0.717) is 23.8 Å². The molecule has 0 saturated heterocycles. The summed E-state index contributed by atoms with van der Waals surface area (Å²) in [5.74, 6) is 0.800. The van der Waals surface area contributed by atoms with E-state index in [2.05, 4.69) is 23.8 Å². The summed E-state index contributed by atoms with van der Waals surface area (Å²) < 4.78 is 1.52. The van der Waals surface area contributed by atoms with Gasteiger partial charge in [-0.3, -0.25) is 9.48 Å². The maximum absolute atomic E-state index is 12.5. The van der Waals surface area contributed by atoms with Gasteiger partial charge < -0.3 is 15.5 Å². The van der Waals surface area contributed by atoms with E-state index in [4.69, 9.17) is 5.73 Å². The third-order valence-electron chi connectivity index (χ3n) is 2.90. The molecule has 1 aromatic heterocycles. The zero-order valence-corrected chi connectivity index (χ0v) is 12.6. The van der Waals surface area contributed by atoms with Crippen molar-refractivity contribution in [3.8, 4) is 0 Å². The zero-order valence-electron chi connectivity index (χ0n) is 12.6. The van der Waals surface area contributed by atoms with E-state index >= 15 is 0 Å². The SMILES string of the molecule is CC(C)CN(CCN(C)C)C(=O)c1cnn(C)c1N. The van der Waals surface area contributed by atoms with Crippen molar-refractivity contribution in [2.24, 2.45) is 13.0 Å². The van der Waals surface area contributed by atoms with Crippen molar-refractivity contribution in [3.05, 3.63) is 11.8 Å². The van der Waals surface area contributed by atoms with E-state index < -0.39 is 0 Å². The monoisotopic (exact) mass is 267 g/mol. The molecule has 0 aliphatic carbocycles. The molecule has 1 aromatic rings. The van der Waals surface area contributed by atoms with Crippen LogP contribution in [0, 0.1) is 5.92 Å². The largest absolute Gasteiger partial charge is 0.383 e. The van der Waals surface area contributed by atoms with Gasteiger partial charge in [-0.25, -0.2) is 0 Å². The van der Waals surface area contributed by atoms with E-state index in [9.17, 15) is 4.79 Å². The maximum atomic E-state index is 12.5. The molecule has 0 fully saturated rings. The Hall–Kier alpha value is -1.56. The molecule has 0 unspecified atom stereocenters. The summed E-state index contributed by atoms with van der Waals surface area (Å²) in [6.45, 7) is 6.45. The number of nitrogens with two attached hydrogens (primary N) is 1. The number of aryl methyl sites for hydroxylation is 1. The number of hydrogen-bond acceptors (Lipinski definition) is 4. The molecule has 108 valence electrons. The maximum Gasteiger partial charge on any atom is 0.259 e. The molecule has 0 atom stereocenters. The van der Waals surface area contributed by atoms with Crippen molar-refractivity contribution in [2.75, 3.05) is 39.5 Å². The summed E-state index contributed by atoms with van der Waals surface area (Å²) >= 11 is 0. The van der Waals surface area contributed by atoms with Crippen LogP contribution in [0.3, 0.4) is 0 Å². The molecule has 1 rings (SSSR count). The Morgan fingerprint density at radius 3 is 2.47 bits per heavy atom. The predicted molar refractivity (Wildman–Crippen MR) is 76.9 cm³/mol. The van der Waals surface area contributed by atoms with E-state index in [0.717, 1.165) is 13.1 Å². The Morgan fingerprint density at radius 2 is 2.05 bits per heavy atom. The van der Waals surface area contributed by atoms with Crippen molar-refractivity contribution >= 4 is 11.7 Å². The fourth-order valence-electron chi connectivity index (χ4n) is 1.82. The van der Waals surface area contributed by atoms with Crippen LogP contribution in [0.1, 0.15) is 24.2 Å². The Kier molecular flexibility index (Phi) is 5.35. The van der Waals surface area contributed by atoms with E-state index in [1.54, 1.807) is 13.2 Å². The number of carbonyl (C=O) groups excluding carboxylic acids is 1. The number of hydrogen-bond donors (Lipinski definition) is 1. The van der Waals surface area contributed by atoms with Gasteiger partial charge in [-0.2, -0.15) is 5.10 Å². The Morgan fingerprint density at radius 1 is 1.42 bits per heavy atom. The summed E-state index contributed by atoms with van der Waals surface area (Å²) in [4.78, 5) is 16.4. The van der Waals surface area contributed by atoms with Gasteiger partial charge in [0, 0.05) is 26.7 Å². The average molecular weight is 267 g/mol. The average Bonchev–Trinajstić information content (AvgIpc) is 2.64. The Labute approximate surface area is 115 Å². The normalized spacial score (nSPS) is 11.3. The van der Waals surface area contributed by atoms with Crippen LogP contribution < -0.4 is 5.73 Å². The van der Waals surface area contributed by atoms with Crippen LogP contribution in [0.15, 0.2) is 6.20 Å². The van der Waals surface area contributed by atoms with E-state index in [-0.39, 0.29) is 5.91 Å². The van der Waals surface area contributed by atoms with Crippen LogP contribution in [0.2, 0.25) is 0 Å². The summed E-state index contributed by atoms with van der Waals surface area (Å²) in [6, 6.07) is 0. The first-order chi connectivity index (χ1) is 8.82. The standard InChI is InChI=1S/C13H25N5O/c1-10(2)9-18(7-6-16(3)4)13(19)11-8-15-17(5)12(11)14/h8,10H,6-7,9,14H2,1-5H3. The number of anilines is 1. The summed E-state index contributed by atoms with van der Waals surface area (Å²) in [5, 5.41) is 4.03. The van der Waals surface area contributed by atoms with Crippen LogP contribution in [-0.2, 0) is 7.05 Å². The second-order valence-electron chi connectivity index (χ2n) is 5.52. The van der Waals surface area contributed by atoms with Crippen LogP contribution in [0.4, 0.5) is 5.82 Å². The molecule has 0 spiro atoms. The van der Waals surface area contributed by atoms with Gasteiger partial charge in [-0.1, -0.05) is 13.8 Å². The molecule has 0 saturated carbocycles. The molecular formula is C13H25N5O. The smallest absolute Gasteiger partial charge is 0.259 e. The first-order valence-electron chi connectivity index (χ1n) is 6.54. The van der Waals surface area contributed by atoms with E-state index in [1.165, 1.54) is 4.68 Å². The highest BCUT2D eigenvalue weighted by Crippen LogP contribution is 2.13. The van der Waals surface area contributed by atoms with Crippen LogP contribution in [0.25, 0.3) is 0 Å². The van der Waals surface area contributed by atoms with Crippen LogP contribution in [-0.4, -0.2) is 59.2 Å². The minimum atomic E-state index is -0.0406. The molecule has 0 aromatic carbocycles. The van der Waals surface area contributed by atoms with Gasteiger partial charge in [0.2, 0.25) is 0 Å². The number of rotatable bonds is 6. The van der Waals surface area contributed by atoms with Crippen molar-refractivity contribution in [3.63, 3.8) is 0 Å². The molecule has 0 aliphatic rings. The predicted octanol–water partition coefficient (Wildman–Crippen LogP) is 0.662. The fraction of sp³-hybridized carbons (Fsp3) is 0.692. The lowest BCUT2D eigenvalue weighted by Crippen LogP contribution is -2.39. The molecule has 1 amide bonds. The summed E-state index contributed by atoms with van der Waals surface area (Å²) in [6.07, 6.45) is 1.54. The number of amides is 1. The Balaban J connectivity index is 2.84. The third kappa shape index (κ3) is 4.24. The lowest BCUT2D eigenvalue weighted by molar-refractivity contribution is 0.0725. The fourth-order valence-corrected chi connectivity index (χ4v) is 1.82. The van der Waals surface area contributed by atoms with Gasteiger partial charge in [-0.15, -0.1) is 0 Å². The molecule has 1 heterocycles. The number of likely N-dealkylation sites (N-methyl/N-ethyl adjacent to an activating group) is 1. The van der Waals surface area contributed by atoms with Gasteiger partial charge >= 0.3 is 0 Å². The number of nitrogens with zero attached hydrogens (tertiary/aromatic N) is 4. The molecule has 6 nitrogen and oxygen atoms in total. The van der Waals surface area contributed by atoms with Crippen molar-refractivity contribution in [1.82, 2.24) is 19.6 Å². The van der Waals surface area contributed by atoms with Crippen LogP contribution in [0.5, 0.6) is 0 Å². The molecule has 0 aliphatic heterocycles. The van der Waals surface area contributed by atoms with Gasteiger partial charge in [0.15, 0.2) is 0 Å². The van der Waals surface area contributed by atoms with Gasteiger partial charge in [0.1, 0.15) is 11.4 Å². The number of aromatic nitrogens is 2. The molecule has 2 N–H and O–H groups in total. The van der Waals surface area contributed by atoms with Crippen molar-refractivity contribution in [1.29, 1.82) is 0 Å². The molecule has 0 radical (unpaired) electrons. The van der Waals surface area contributed by atoms with Gasteiger partial charge in [0.05, 0.1) is 6.20 Å². The number of carbonyl (C=O) groups is 1. The summed E-state index contributed by atoms with van der Waals surface area (Å²) in [7, 11) is 5.73. The quantitative estimate of drug-likeness (QED) is 0.822. The summed E-state index contributed by atoms with van der Waals surface area (Å²) in [5.41, 5.74) is 6.36. The van der Waals surface area contributed by atoms with Crippen LogP contribution >= 0.6 is 0 Å². The highest BCUT2D eigenvalue weighted by atomic mass is 16.2. The first-order valence-corrected chi connectivity index (χ1v) is 6.54. The Bertz CT molecular complexity index is 425. The van der Waals surface area contributed by atoms with Crippen molar-refractivity contribution in [2.45, 2.75) is 13.8 Å². The van der Waals surface area contributed by atoms with Gasteiger partial charge in [0.25, 0.3) is 5.91 Å². The van der Waals surface area contributed by atoms with E-state index in [1.807, 2.05) is 19.0 Å². The first kappa shape index (κ1) is 15.5. The molecule has 0 bridgehead atoms. The zero-order chi connectivity index (χ0) is 14.6. The molecule has 19 heavy (non-hydrogen) atoms. The number of nitrogen functional groups attached to an aromatic ring is 1. The van der Waals surface area contributed by atoms with Gasteiger partial charge in [-0.05, 0) is 20.0 Å². The lowest BCUT2D eigenvalue weighted by atomic mass is 10.2. The highest BCUT2D eigenvalue weighted by Gasteiger charge is 2.21. The highest BCUT2D eigenvalue weighted by molar-refractivity contribution is 5.98. The minimum absolute atomic E-state index is 0.0406. The lowest BCUT2D eigenvalue weighted by Gasteiger charge is -2.26. The molecular weight excluding hydrogens is 242 g/mol. The third-order valence-corrected chi connectivity index (χ3v) is 2.90.